The molecule has 104 valence electrons. The Morgan fingerprint density at radius 2 is 1.68 bits per heavy atom. The van der Waals surface area contributed by atoms with Crippen LogP contribution in [0, 0.1) is 0 Å². The standard InChI is InChI=1S/C12H15NO5S/c1-17-10-6-9(7-11(8-10)18-2)4-5-12(14)13-19(3,15)16/h4-8H,1-3H3,(H,13,14). The minimum absolute atomic E-state index is 0.572. The molecule has 0 heterocycles. The maximum Gasteiger partial charge on any atom is 0.257 e. The summed E-state index contributed by atoms with van der Waals surface area (Å²) in [5.41, 5.74) is 0.653. The molecule has 0 aliphatic carbocycles. The van der Waals surface area contributed by atoms with Gasteiger partial charge in [-0.05, 0) is 23.8 Å². The first kappa shape index (κ1) is 15.0. The molecule has 0 aliphatic heterocycles. The van der Waals surface area contributed by atoms with Gasteiger partial charge in [0.1, 0.15) is 11.5 Å². The van der Waals surface area contributed by atoms with Crippen molar-refractivity contribution in [3.63, 3.8) is 0 Å². The first-order valence-corrected chi connectivity index (χ1v) is 7.16. The summed E-state index contributed by atoms with van der Waals surface area (Å²) in [6.07, 6.45) is 3.49. The number of rotatable bonds is 5. The summed E-state index contributed by atoms with van der Waals surface area (Å²) < 4.78 is 33.7. The molecule has 6 nitrogen and oxygen atoms in total. The van der Waals surface area contributed by atoms with E-state index in [2.05, 4.69) is 0 Å². The smallest absolute Gasteiger partial charge is 0.257 e. The highest BCUT2D eigenvalue weighted by Gasteiger charge is 2.05. The molecule has 0 unspecified atom stereocenters. The third-order valence-electron chi connectivity index (χ3n) is 2.09. The fraction of sp³-hybridized carbons (Fsp3) is 0.250. The molecule has 0 radical (unpaired) electrons. The van der Waals surface area contributed by atoms with Gasteiger partial charge < -0.3 is 9.47 Å². The molecule has 0 aliphatic rings. The van der Waals surface area contributed by atoms with Gasteiger partial charge in [0.2, 0.25) is 10.0 Å². The largest absolute Gasteiger partial charge is 0.497 e. The molecule has 0 fully saturated rings. The monoisotopic (exact) mass is 285 g/mol. The fourth-order valence-corrected chi connectivity index (χ4v) is 1.75. The van der Waals surface area contributed by atoms with Crippen molar-refractivity contribution in [1.29, 1.82) is 0 Å². The molecule has 1 aromatic rings. The molecule has 0 spiro atoms. The predicted octanol–water partition coefficient (Wildman–Crippen LogP) is 0.793. The van der Waals surface area contributed by atoms with Crippen LogP contribution in [0.25, 0.3) is 6.08 Å². The maximum atomic E-state index is 11.3. The van der Waals surface area contributed by atoms with Gasteiger partial charge in [0.15, 0.2) is 0 Å². The van der Waals surface area contributed by atoms with Crippen LogP contribution in [0.5, 0.6) is 11.5 Å². The van der Waals surface area contributed by atoms with Gasteiger partial charge >= 0.3 is 0 Å². The second-order valence-corrected chi connectivity index (χ2v) is 5.47. The number of sulfonamides is 1. The third kappa shape index (κ3) is 5.43. The second kappa shape index (κ2) is 6.24. The van der Waals surface area contributed by atoms with Gasteiger partial charge in [-0.3, -0.25) is 4.79 Å². The Labute approximate surface area is 112 Å². The number of nitrogens with one attached hydrogen (secondary N) is 1. The topological polar surface area (TPSA) is 81.7 Å². The summed E-state index contributed by atoms with van der Waals surface area (Å²) in [4.78, 5) is 11.3. The molecule has 0 saturated heterocycles. The Morgan fingerprint density at radius 3 is 2.11 bits per heavy atom. The molecular weight excluding hydrogens is 270 g/mol. The molecule has 7 heteroatoms. The lowest BCUT2D eigenvalue weighted by Gasteiger charge is -2.05. The zero-order valence-corrected chi connectivity index (χ0v) is 11.7. The van der Waals surface area contributed by atoms with Crippen LogP contribution in [0.15, 0.2) is 24.3 Å². The highest BCUT2D eigenvalue weighted by atomic mass is 32.2. The van der Waals surface area contributed by atoms with Gasteiger partial charge in [-0.2, -0.15) is 0 Å². The minimum Gasteiger partial charge on any atom is -0.497 e. The summed E-state index contributed by atoms with van der Waals surface area (Å²) in [6, 6.07) is 5.06. The van der Waals surface area contributed by atoms with Crippen molar-refractivity contribution in [2.75, 3.05) is 20.5 Å². The number of carbonyl (C=O) groups is 1. The van der Waals surface area contributed by atoms with E-state index in [1.54, 1.807) is 18.2 Å². The lowest BCUT2D eigenvalue weighted by molar-refractivity contribution is -0.114. The number of methoxy groups -OCH3 is 2. The quantitative estimate of drug-likeness (QED) is 0.809. The summed E-state index contributed by atoms with van der Waals surface area (Å²) >= 11 is 0. The maximum absolute atomic E-state index is 11.3. The van der Waals surface area contributed by atoms with E-state index in [0.717, 1.165) is 12.3 Å². The van der Waals surface area contributed by atoms with Crippen molar-refractivity contribution in [2.24, 2.45) is 0 Å². The van der Waals surface area contributed by atoms with E-state index in [4.69, 9.17) is 9.47 Å². The van der Waals surface area contributed by atoms with Crippen LogP contribution in [0.1, 0.15) is 5.56 Å². The molecule has 1 aromatic carbocycles. The Balaban J connectivity index is 2.89. The van der Waals surface area contributed by atoms with Crippen LogP contribution in [0.4, 0.5) is 0 Å². The van der Waals surface area contributed by atoms with Crippen LogP contribution in [0.2, 0.25) is 0 Å². The van der Waals surface area contributed by atoms with Gasteiger partial charge in [-0.25, -0.2) is 13.1 Å². The van der Waals surface area contributed by atoms with E-state index >= 15 is 0 Å². The van der Waals surface area contributed by atoms with Crippen molar-refractivity contribution in [1.82, 2.24) is 4.72 Å². The minimum atomic E-state index is -3.55. The normalized spacial score (nSPS) is 11.3. The molecule has 0 saturated carbocycles. The molecular formula is C12H15NO5S. The zero-order valence-electron chi connectivity index (χ0n) is 10.8. The van der Waals surface area contributed by atoms with Gasteiger partial charge in [0, 0.05) is 12.1 Å². The lowest BCUT2D eigenvalue weighted by atomic mass is 10.2. The first-order chi connectivity index (χ1) is 8.84. The number of ether oxygens (including phenoxy) is 2. The van der Waals surface area contributed by atoms with Crippen molar-refractivity contribution >= 4 is 22.0 Å². The molecule has 0 aromatic heterocycles. The van der Waals surface area contributed by atoms with Gasteiger partial charge in [-0.15, -0.1) is 0 Å². The molecule has 0 bridgehead atoms. The van der Waals surface area contributed by atoms with Gasteiger partial charge in [-0.1, -0.05) is 0 Å². The predicted molar refractivity (Wildman–Crippen MR) is 71.6 cm³/mol. The average molecular weight is 285 g/mol. The van der Waals surface area contributed by atoms with Gasteiger partial charge in [0.25, 0.3) is 5.91 Å². The van der Waals surface area contributed by atoms with E-state index in [-0.39, 0.29) is 0 Å². The number of carbonyl (C=O) groups excluding carboxylic acids is 1. The summed E-state index contributed by atoms with van der Waals surface area (Å²) in [7, 11) is -0.528. The van der Waals surface area contributed by atoms with Crippen molar-refractivity contribution in [3.05, 3.63) is 29.8 Å². The van der Waals surface area contributed by atoms with E-state index in [9.17, 15) is 13.2 Å². The number of benzene rings is 1. The van der Waals surface area contributed by atoms with Crippen molar-refractivity contribution in [2.45, 2.75) is 0 Å². The zero-order chi connectivity index (χ0) is 14.5. The molecule has 0 atom stereocenters. The van der Waals surface area contributed by atoms with Crippen LogP contribution in [-0.4, -0.2) is 34.8 Å². The second-order valence-electron chi connectivity index (χ2n) is 3.72. The van der Waals surface area contributed by atoms with Crippen molar-refractivity contribution in [3.8, 4) is 11.5 Å². The average Bonchev–Trinajstić information content (AvgIpc) is 2.33. The summed E-state index contributed by atoms with van der Waals surface area (Å²) in [5, 5.41) is 0. The molecule has 1 rings (SSSR count). The van der Waals surface area contributed by atoms with E-state index < -0.39 is 15.9 Å². The number of amides is 1. The van der Waals surface area contributed by atoms with Crippen LogP contribution < -0.4 is 14.2 Å². The number of hydrogen-bond acceptors (Lipinski definition) is 5. The lowest BCUT2D eigenvalue weighted by Crippen LogP contribution is -2.27. The summed E-state index contributed by atoms with van der Waals surface area (Å²) in [6.45, 7) is 0. The highest BCUT2D eigenvalue weighted by molar-refractivity contribution is 7.89. The first-order valence-electron chi connectivity index (χ1n) is 5.27. The Bertz CT molecular complexity index is 570. The van der Waals surface area contributed by atoms with Gasteiger partial charge in [0.05, 0.1) is 20.5 Å². The molecule has 1 amide bonds. The third-order valence-corrected chi connectivity index (χ3v) is 2.66. The summed E-state index contributed by atoms with van der Waals surface area (Å²) in [5.74, 6) is 0.425. The molecule has 1 N–H and O–H groups in total. The van der Waals surface area contributed by atoms with Crippen LogP contribution >= 0.6 is 0 Å². The van der Waals surface area contributed by atoms with Crippen LogP contribution in [0.3, 0.4) is 0 Å². The Hall–Kier alpha value is -2.02. The van der Waals surface area contributed by atoms with Crippen molar-refractivity contribution < 1.29 is 22.7 Å². The number of hydrogen-bond donors (Lipinski definition) is 1. The van der Waals surface area contributed by atoms with E-state index in [0.29, 0.717) is 17.1 Å². The Morgan fingerprint density at radius 1 is 1.16 bits per heavy atom. The SMILES string of the molecule is COc1cc(C=CC(=O)NS(C)(=O)=O)cc(OC)c1. The van der Waals surface area contributed by atoms with E-state index in [1.807, 2.05) is 4.72 Å². The highest BCUT2D eigenvalue weighted by Crippen LogP contribution is 2.23. The fourth-order valence-electron chi connectivity index (χ4n) is 1.31. The van der Waals surface area contributed by atoms with Crippen LogP contribution in [-0.2, 0) is 14.8 Å². The molecule has 19 heavy (non-hydrogen) atoms. The Kier molecular flexibility index (Phi) is 4.94. The van der Waals surface area contributed by atoms with E-state index in [1.165, 1.54) is 20.3 Å².